The van der Waals surface area contributed by atoms with E-state index in [0.29, 0.717) is 10.7 Å². The van der Waals surface area contributed by atoms with Crippen LogP contribution in [0.25, 0.3) is 0 Å². The van der Waals surface area contributed by atoms with Crippen LogP contribution in [0.15, 0.2) is 35.3 Å². The van der Waals surface area contributed by atoms with E-state index in [0.717, 1.165) is 28.1 Å². The first-order chi connectivity index (χ1) is 9.97. The van der Waals surface area contributed by atoms with Crippen LogP contribution >= 0.6 is 11.6 Å². The third kappa shape index (κ3) is 2.34. The van der Waals surface area contributed by atoms with Gasteiger partial charge in [0.15, 0.2) is 0 Å². The molecule has 0 atom stereocenters. The van der Waals surface area contributed by atoms with E-state index in [1.54, 1.807) is 6.07 Å². The van der Waals surface area contributed by atoms with E-state index in [4.69, 9.17) is 11.6 Å². The van der Waals surface area contributed by atoms with Crippen LogP contribution in [0.5, 0.6) is 0 Å². The number of hydrogen-bond donors (Lipinski definition) is 1. The van der Waals surface area contributed by atoms with E-state index in [9.17, 15) is 4.79 Å². The number of aryl methyl sites for hydroxylation is 2. The van der Waals surface area contributed by atoms with Gasteiger partial charge in [0.25, 0.3) is 5.91 Å². The van der Waals surface area contributed by atoms with Crippen molar-refractivity contribution in [3.63, 3.8) is 0 Å². The van der Waals surface area contributed by atoms with Crippen molar-refractivity contribution in [3.8, 4) is 0 Å². The molecular formula is C17H15ClN2O. The van der Waals surface area contributed by atoms with Gasteiger partial charge >= 0.3 is 0 Å². The molecular weight excluding hydrogens is 284 g/mol. The van der Waals surface area contributed by atoms with Crippen LogP contribution in [0.1, 0.15) is 22.3 Å². The van der Waals surface area contributed by atoms with Crippen LogP contribution in [-0.2, 0) is 4.79 Å². The zero-order valence-corrected chi connectivity index (χ0v) is 12.9. The fraction of sp³-hybridized carbons (Fsp3) is 0.176. The summed E-state index contributed by atoms with van der Waals surface area (Å²) in [6, 6.07) is 9.55. The highest BCUT2D eigenvalue weighted by atomic mass is 35.5. The Labute approximate surface area is 128 Å². The molecule has 0 bridgehead atoms. The lowest BCUT2D eigenvalue weighted by atomic mass is 10.1. The van der Waals surface area contributed by atoms with Gasteiger partial charge in [-0.15, -0.1) is 0 Å². The van der Waals surface area contributed by atoms with Crippen LogP contribution in [0.2, 0.25) is 5.02 Å². The average molecular weight is 299 g/mol. The monoisotopic (exact) mass is 298 g/mol. The minimum Gasteiger partial charge on any atom is -0.320 e. The topological polar surface area (TPSA) is 41.5 Å². The lowest BCUT2D eigenvalue weighted by molar-refractivity contribution is -0.110. The van der Waals surface area contributed by atoms with E-state index in [1.807, 2.05) is 38.1 Å². The third-order valence-electron chi connectivity index (χ3n) is 3.84. The van der Waals surface area contributed by atoms with Gasteiger partial charge in [0.05, 0.1) is 11.4 Å². The minimum absolute atomic E-state index is 0.186. The van der Waals surface area contributed by atoms with Gasteiger partial charge in [-0.3, -0.25) is 4.79 Å². The van der Waals surface area contributed by atoms with Gasteiger partial charge in [-0.05, 0) is 61.7 Å². The maximum Gasteiger partial charge on any atom is 0.275 e. The number of aliphatic imine (C=N–C) groups is 1. The third-order valence-corrected chi connectivity index (χ3v) is 4.25. The van der Waals surface area contributed by atoms with Gasteiger partial charge in [0.1, 0.15) is 5.71 Å². The van der Waals surface area contributed by atoms with Crippen LogP contribution in [-0.4, -0.2) is 11.6 Å². The number of nitrogens with zero attached hydrogens (tertiary/aromatic N) is 1. The van der Waals surface area contributed by atoms with Crippen LogP contribution in [0.3, 0.4) is 0 Å². The van der Waals surface area contributed by atoms with Crippen LogP contribution in [0.4, 0.5) is 11.4 Å². The van der Waals surface area contributed by atoms with Crippen molar-refractivity contribution in [3.05, 3.63) is 57.6 Å². The molecule has 21 heavy (non-hydrogen) atoms. The SMILES string of the molecule is Cc1ccc(N=C2C(=O)Nc3c2ccc(Cl)c3C)cc1C. The molecule has 0 spiro atoms. The Morgan fingerprint density at radius 3 is 2.52 bits per heavy atom. The number of carbonyl (C=O) groups is 1. The highest BCUT2D eigenvalue weighted by Crippen LogP contribution is 2.33. The summed E-state index contributed by atoms with van der Waals surface area (Å²) >= 11 is 6.09. The molecule has 0 saturated carbocycles. The molecule has 4 heteroatoms. The molecule has 1 N–H and O–H groups in total. The highest BCUT2D eigenvalue weighted by molar-refractivity contribution is 6.54. The fourth-order valence-electron chi connectivity index (χ4n) is 2.37. The number of halogens is 1. The Balaban J connectivity index is 2.12. The Bertz CT molecular complexity index is 794. The molecule has 1 aliphatic rings. The predicted octanol–water partition coefficient (Wildman–Crippen LogP) is 4.34. The number of rotatable bonds is 1. The van der Waals surface area contributed by atoms with Gasteiger partial charge in [0.2, 0.25) is 0 Å². The Morgan fingerprint density at radius 2 is 1.81 bits per heavy atom. The summed E-state index contributed by atoms with van der Waals surface area (Å²) in [5, 5.41) is 3.49. The molecule has 3 rings (SSSR count). The lowest BCUT2D eigenvalue weighted by Crippen LogP contribution is -2.14. The number of hydrogen-bond acceptors (Lipinski definition) is 2. The smallest absolute Gasteiger partial charge is 0.275 e. The summed E-state index contributed by atoms with van der Waals surface area (Å²) in [6.07, 6.45) is 0. The Hall–Kier alpha value is -2.13. The first-order valence-electron chi connectivity index (χ1n) is 6.74. The van der Waals surface area contributed by atoms with Gasteiger partial charge < -0.3 is 5.32 Å². The molecule has 0 radical (unpaired) electrons. The molecule has 1 heterocycles. The van der Waals surface area contributed by atoms with Crippen molar-refractivity contribution in [1.29, 1.82) is 0 Å². The molecule has 0 fully saturated rings. The average Bonchev–Trinajstić information content (AvgIpc) is 2.76. The lowest BCUT2D eigenvalue weighted by Gasteiger charge is -2.04. The number of carbonyl (C=O) groups excluding carboxylic acids is 1. The quantitative estimate of drug-likeness (QED) is 0.836. The Morgan fingerprint density at radius 1 is 1.05 bits per heavy atom. The zero-order valence-electron chi connectivity index (χ0n) is 12.1. The van der Waals surface area contributed by atoms with E-state index < -0.39 is 0 Å². The molecule has 1 aliphatic heterocycles. The normalized spacial score (nSPS) is 15.2. The summed E-state index contributed by atoms with van der Waals surface area (Å²) in [5.41, 5.74) is 6.01. The van der Waals surface area contributed by atoms with Crippen molar-refractivity contribution < 1.29 is 4.79 Å². The maximum atomic E-state index is 12.2. The molecule has 1 amide bonds. The first kappa shape index (κ1) is 13.8. The molecule has 2 aromatic carbocycles. The Kier molecular flexibility index (Phi) is 3.30. The van der Waals surface area contributed by atoms with Gasteiger partial charge in [-0.25, -0.2) is 4.99 Å². The van der Waals surface area contributed by atoms with Gasteiger partial charge in [-0.1, -0.05) is 17.7 Å². The molecule has 0 saturated heterocycles. The second-order valence-corrected chi connectivity index (χ2v) is 5.69. The van der Waals surface area contributed by atoms with Crippen LogP contribution < -0.4 is 5.32 Å². The van der Waals surface area contributed by atoms with Crippen molar-refractivity contribution in [1.82, 2.24) is 0 Å². The van der Waals surface area contributed by atoms with E-state index in [-0.39, 0.29) is 5.91 Å². The van der Waals surface area contributed by atoms with Gasteiger partial charge in [0, 0.05) is 10.6 Å². The second-order valence-electron chi connectivity index (χ2n) is 5.28. The summed E-state index contributed by atoms with van der Waals surface area (Å²) in [5.74, 6) is -0.186. The van der Waals surface area contributed by atoms with Crippen LogP contribution in [0, 0.1) is 20.8 Å². The number of anilines is 1. The van der Waals surface area contributed by atoms with Crippen molar-refractivity contribution in [2.24, 2.45) is 4.99 Å². The maximum absolute atomic E-state index is 12.2. The van der Waals surface area contributed by atoms with E-state index in [2.05, 4.69) is 17.2 Å². The highest BCUT2D eigenvalue weighted by Gasteiger charge is 2.28. The number of amides is 1. The van der Waals surface area contributed by atoms with Crippen molar-refractivity contribution in [2.45, 2.75) is 20.8 Å². The minimum atomic E-state index is -0.186. The molecule has 3 nitrogen and oxygen atoms in total. The standard InChI is InChI=1S/C17H15ClN2O/c1-9-4-5-12(8-10(9)2)19-16-13-6-7-14(18)11(3)15(13)20-17(16)21/h4-8H,1-3H3,(H,19,20,21). The summed E-state index contributed by atoms with van der Waals surface area (Å²) in [6.45, 7) is 5.97. The van der Waals surface area contributed by atoms with E-state index >= 15 is 0 Å². The summed E-state index contributed by atoms with van der Waals surface area (Å²) in [4.78, 5) is 16.7. The number of benzene rings is 2. The fourth-order valence-corrected chi connectivity index (χ4v) is 2.53. The first-order valence-corrected chi connectivity index (χ1v) is 7.12. The van der Waals surface area contributed by atoms with Gasteiger partial charge in [-0.2, -0.15) is 0 Å². The van der Waals surface area contributed by atoms with Crippen molar-refractivity contribution >= 4 is 34.6 Å². The summed E-state index contributed by atoms with van der Waals surface area (Å²) in [7, 11) is 0. The largest absolute Gasteiger partial charge is 0.320 e. The summed E-state index contributed by atoms with van der Waals surface area (Å²) < 4.78 is 0. The molecule has 2 aromatic rings. The molecule has 106 valence electrons. The number of nitrogens with one attached hydrogen (secondary N) is 1. The molecule has 0 unspecified atom stereocenters. The number of fused-ring (bicyclic) bond motifs is 1. The predicted molar refractivity (Wildman–Crippen MR) is 86.9 cm³/mol. The van der Waals surface area contributed by atoms with E-state index in [1.165, 1.54) is 5.56 Å². The van der Waals surface area contributed by atoms with Crippen molar-refractivity contribution in [2.75, 3.05) is 5.32 Å². The zero-order chi connectivity index (χ0) is 15.1. The molecule has 0 aromatic heterocycles. The molecule has 0 aliphatic carbocycles. The second kappa shape index (κ2) is 5.01.